The molecule has 0 atom stereocenters. The Labute approximate surface area is 95.4 Å². The van der Waals surface area contributed by atoms with Gasteiger partial charge in [-0.2, -0.15) is 5.10 Å². The zero-order valence-electron chi connectivity index (χ0n) is 9.72. The second-order valence-electron chi connectivity index (χ2n) is 4.44. The molecule has 2 heterocycles. The fourth-order valence-corrected chi connectivity index (χ4v) is 2.22. The third-order valence-electron chi connectivity index (χ3n) is 3.42. The van der Waals surface area contributed by atoms with E-state index in [0.717, 1.165) is 44.8 Å². The summed E-state index contributed by atoms with van der Waals surface area (Å²) in [5.74, 6) is 0.971. The predicted molar refractivity (Wildman–Crippen MR) is 59.0 cm³/mol. The van der Waals surface area contributed by atoms with Gasteiger partial charge in [-0.3, -0.25) is 4.68 Å². The van der Waals surface area contributed by atoms with Gasteiger partial charge in [-0.1, -0.05) is 0 Å². The molecule has 1 N–H and O–H groups in total. The Morgan fingerprint density at radius 1 is 1.50 bits per heavy atom. The van der Waals surface area contributed by atoms with Gasteiger partial charge in [-0.15, -0.1) is 0 Å². The Morgan fingerprint density at radius 2 is 2.25 bits per heavy atom. The normalized spacial score (nSPS) is 19.9. The molecule has 0 radical (unpaired) electrons. The molecule has 0 amide bonds. The van der Waals surface area contributed by atoms with Crippen LogP contribution >= 0.6 is 0 Å². The number of aromatic nitrogens is 3. The topological polar surface area (TPSA) is 60.2 Å². The minimum absolute atomic E-state index is 0.0573. The highest BCUT2D eigenvalue weighted by Crippen LogP contribution is 2.33. The van der Waals surface area contributed by atoms with Crippen LogP contribution in [0.3, 0.4) is 0 Å². The maximum atomic E-state index is 9.59. The average molecular weight is 225 g/mol. The summed E-state index contributed by atoms with van der Waals surface area (Å²) in [4.78, 5) is 4.27. The molecule has 0 bridgehead atoms. The highest BCUT2D eigenvalue weighted by molar-refractivity contribution is 4.95. The Morgan fingerprint density at radius 3 is 2.88 bits per heavy atom. The molecule has 0 aromatic carbocycles. The van der Waals surface area contributed by atoms with Gasteiger partial charge in [-0.25, -0.2) is 4.98 Å². The van der Waals surface area contributed by atoms with Crippen LogP contribution < -0.4 is 0 Å². The molecule has 0 aliphatic carbocycles. The van der Waals surface area contributed by atoms with Crippen molar-refractivity contribution in [2.75, 3.05) is 19.8 Å². The number of aryl methyl sites for hydroxylation is 1. The van der Waals surface area contributed by atoms with Crippen LogP contribution in [0.1, 0.15) is 25.6 Å². The smallest absolute Gasteiger partial charge is 0.138 e. The summed E-state index contributed by atoms with van der Waals surface area (Å²) in [5.41, 5.74) is -0.0573. The van der Waals surface area contributed by atoms with E-state index in [1.54, 1.807) is 6.33 Å². The first kappa shape index (κ1) is 11.5. The van der Waals surface area contributed by atoms with Crippen molar-refractivity contribution >= 4 is 0 Å². The van der Waals surface area contributed by atoms with Gasteiger partial charge in [0.05, 0.1) is 0 Å². The number of hydrogen-bond donors (Lipinski definition) is 1. The maximum absolute atomic E-state index is 9.59. The van der Waals surface area contributed by atoms with E-state index in [-0.39, 0.29) is 12.0 Å². The molecular formula is C11H19N3O2. The lowest BCUT2D eigenvalue weighted by Crippen LogP contribution is -2.36. The summed E-state index contributed by atoms with van der Waals surface area (Å²) in [6, 6.07) is 0. The molecule has 5 heteroatoms. The average Bonchev–Trinajstić information content (AvgIpc) is 2.77. The first-order valence-electron chi connectivity index (χ1n) is 5.85. The largest absolute Gasteiger partial charge is 0.396 e. The van der Waals surface area contributed by atoms with Crippen LogP contribution in [0.25, 0.3) is 0 Å². The van der Waals surface area contributed by atoms with Gasteiger partial charge < -0.3 is 9.84 Å². The van der Waals surface area contributed by atoms with Crippen LogP contribution in [0.2, 0.25) is 0 Å². The molecule has 1 aliphatic rings. The number of nitrogens with zero attached hydrogens (tertiary/aromatic N) is 3. The van der Waals surface area contributed by atoms with Crippen LogP contribution in [-0.2, 0) is 17.7 Å². The van der Waals surface area contributed by atoms with Crippen molar-refractivity contribution in [3.8, 4) is 0 Å². The first-order valence-corrected chi connectivity index (χ1v) is 5.85. The van der Waals surface area contributed by atoms with Crippen molar-refractivity contribution in [3.05, 3.63) is 12.2 Å². The molecule has 5 nitrogen and oxygen atoms in total. The summed E-state index contributed by atoms with van der Waals surface area (Å²) in [5, 5.41) is 13.7. The highest BCUT2D eigenvalue weighted by atomic mass is 16.5. The third kappa shape index (κ3) is 2.25. The lowest BCUT2D eigenvalue weighted by molar-refractivity contribution is -0.0172. The van der Waals surface area contributed by atoms with Gasteiger partial charge >= 0.3 is 0 Å². The molecule has 1 fully saturated rings. The van der Waals surface area contributed by atoms with Crippen molar-refractivity contribution < 1.29 is 9.84 Å². The van der Waals surface area contributed by atoms with E-state index in [0.29, 0.717) is 0 Å². The van der Waals surface area contributed by atoms with Crippen molar-refractivity contribution in [3.63, 3.8) is 0 Å². The van der Waals surface area contributed by atoms with Crippen LogP contribution in [-0.4, -0.2) is 39.7 Å². The lowest BCUT2D eigenvalue weighted by Gasteiger charge is -2.35. The number of aliphatic hydroxyl groups is 1. The van der Waals surface area contributed by atoms with Gasteiger partial charge in [0, 0.05) is 38.2 Å². The zero-order valence-corrected chi connectivity index (χ0v) is 9.72. The minimum Gasteiger partial charge on any atom is -0.396 e. The summed E-state index contributed by atoms with van der Waals surface area (Å²) >= 11 is 0. The van der Waals surface area contributed by atoms with Gasteiger partial charge in [-0.05, 0) is 19.8 Å². The number of hydrogen-bond acceptors (Lipinski definition) is 4. The molecule has 1 saturated heterocycles. The van der Waals surface area contributed by atoms with Crippen LogP contribution in [0.15, 0.2) is 6.33 Å². The standard InChI is InChI=1S/C11H19N3O2/c1-2-14-10(12-9-13-14)7-11(8-15)3-5-16-6-4-11/h9,15H,2-8H2,1H3. The van der Waals surface area contributed by atoms with E-state index in [4.69, 9.17) is 4.74 Å². The lowest BCUT2D eigenvalue weighted by atomic mass is 9.78. The Balaban J connectivity index is 2.11. The fraction of sp³-hybridized carbons (Fsp3) is 0.818. The van der Waals surface area contributed by atoms with Crippen molar-refractivity contribution in [2.24, 2.45) is 5.41 Å². The monoisotopic (exact) mass is 225 g/mol. The summed E-state index contributed by atoms with van der Waals surface area (Å²) in [6.07, 6.45) is 4.18. The number of rotatable bonds is 4. The van der Waals surface area contributed by atoms with E-state index >= 15 is 0 Å². The van der Waals surface area contributed by atoms with E-state index in [1.165, 1.54) is 0 Å². The highest BCUT2D eigenvalue weighted by Gasteiger charge is 2.33. The van der Waals surface area contributed by atoms with Gasteiger partial charge in [0.25, 0.3) is 0 Å². The molecule has 90 valence electrons. The maximum Gasteiger partial charge on any atom is 0.138 e. The van der Waals surface area contributed by atoms with Crippen LogP contribution in [0, 0.1) is 5.41 Å². The molecule has 0 unspecified atom stereocenters. The summed E-state index contributed by atoms with van der Waals surface area (Å²) < 4.78 is 7.24. The van der Waals surface area contributed by atoms with E-state index in [1.807, 2.05) is 11.6 Å². The summed E-state index contributed by atoms with van der Waals surface area (Å²) in [7, 11) is 0. The molecule has 1 aromatic heterocycles. The predicted octanol–water partition coefficient (Wildman–Crippen LogP) is 0.630. The van der Waals surface area contributed by atoms with Crippen molar-refractivity contribution in [1.82, 2.24) is 14.8 Å². The van der Waals surface area contributed by atoms with E-state index < -0.39 is 0 Å². The van der Waals surface area contributed by atoms with Crippen molar-refractivity contribution in [2.45, 2.75) is 32.7 Å². The Bertz CT molecular complexity index is 332. The van der Waals surface area contributed by atoms with E-state index in [9.17, 15) is 5.11 Å². The zero-order chi connectivity index (χ0) is 11.4. The number of aliphatic hydroxyl groups excluding tert-OH is 1. The fourth-order valence-electron chi connectivity index (χ4n) is 2.22. The molecular weight excluding hydrogens is 206 g/mol. The third-order valence-corrected chi connectivity index (χ3v) is 3.42. The molecule has 1 aromatic rings. The van der Waals surface area contributed by atoms with Gasteiger partial charge in [0.2, 0.25) is 0 Å². The molecule has 0 saturated carbocycles. The van der Waals surface area contributed by atoms with E-state index in [2.05, 4.69) is 10.1 Å². The summed E-state index contributed by atoms with van der Waals surface area (Å²) in [6.45, 7) is 4.55. The van der Waals surface area contributed by atoms with Crippen LogP contribution in [0.4, 0.5) is 0 Å². The SMILES string of the molecule is CCn1ncnc1CC1(CO)CCOCC1. The quantitative estimate of drug-likeness (QED) is 0.816. The second-order valence-corrected chi connectivity index (χ2v) is 4.44. The molecule has 2 rings (SSSR count). The Hall–Kier alpha value is -0.940. The first-order chi connectivity index (χ1) is 7.79. The van der Waals surface area contributed by atoms with Gasteiger partial charge in [0.15, 0.2) is 0 Å². The Kier molecular flexibility index (Phi) is 3.56. The van der Waals surface area contributed by atoms with Gasteiger partial charge in [0.1, 0.15) is 12.2 Å². The van der Waals surface area contributed by atoms with Crippen molar-refractivity contribution in [1.29, 1.82) is 0 Å². The minimum atomic E-state index is -0.0573. The number of ether oxygens (including phenoxy) is 1. The molecule has 1 aliphatic heterocycles. The molecule has 16 heavy (non-hydrogen) atoms. The second kappa shape index (κ2) is 4.93. The molecule has 0 spiro atoms. The van der Waals surface area contributed by atoms with Crippen LogP contribution in [0.5, 0.6) is 0 Å².